The third-order valence-corrected chi connectivity index (χ3v) is 2.38. The van der Waals surface area contributed by atoms with Crippen LogP contribution >= 0.6 is 15.9 Å². The van der Waals surface area contributed by atoms with Gasteiger partial charge >= 0.3 is 12.1 Å². The molecular weight excluding hydrogens is 229 g/mol. The van der Waals surface area contributed by atoms with Crippen molar-refractivity contribution >= 4 is 21.9 Å². The van der Waals surface area contributed by atoms with Gasteiger partial charge in [-0.05, 0) is 0 Å². The molecule has 0 aromatic heterocycles. The molecule has 0 aliphatic rings. The Morgan fingerprint density at radius 3 is 2.00 bits per heavy atom. The monoisotopic (exact) mass is 234 g/mol. The summed E-state index contributed by atoms with van der Waals surface area (Å²) in [5, 5.41) is 8.17. The predicted molar refractivity (Wildman–Crippen MR) is 35.6 cm³/mol. The highest BCUT2D eigenvalue weighted by atomic mass is 79.9. The Labute approximate surface area is 69.5 Å². The molecule has 1 N–H and O–H groups in total. The number of halogens is 4. The summed E-state index contributed by atoms with van der Waals surface area (Å²) in [5.41, 5.74) is 0. The number of hydrogen-bond acceptors (Lipinski definition) is 1. The van der Waals surface area contributed by atoms with Gasteiger partial charge in [-0.15, -0.1) is 0 Å². The van der Waals surface area contributed by atoms with Gasteiger partial charge in [-0.3, -0.25) is 4.79 Å². The second-order valence-corrected chi connectivity index (χ2v) is 3.06. The smallest absolute Gasteiger partial charge is 0.393 e. The van der Waals surface area contributed by atoms with E-state index in [9.17, 15) is 18.0 Å². The molecule has 66 valence electrons. The molecule has 1 unspecified atom stereocenters. The standard InChI is InChI=1S/C5H6BrF3O2/c1-2(5(7,8)9)3(6)4(10)11/h2-3H,1H3,(H,10,11)/t2-,3?/m1/s1. The highest BCUT2D eigenvalue weighted by Gasteiger charge is 2.43. The van der Waals surface area contributed by atoms with E-state index in [4.69, 9.17) is 5.11 Å². The Balaban J connectivity index is 4.25. The van der Waals surface area contributed by atoms with E-state index in [-0.39, 0.29) is 0 Å². The molecule has 2 nitrogen and oxygen atoms in total. The van der Waals surface area contributed by atoms with E-state index >= 15 is 0 Å². The van der Waals surface area contributed by atoms with Crippen molar-refractivity contribution < 1.29 is 23.1 Å². The van der Waals surface area contributed by atoms with Crippen LogP contribution in [0.1, 0.15) is 6.92 Å². The summed E-state index contributed by atoms with van der Waals surface area (Å²) in [6.45, 7) is 0.813. The molecule has 0 bridgehead atoms. The van der Waals surface area contributed by atoms with Crippen LogP contribution in [0, 0.1) is 5.92 Å². The fraction of sp³-hybridized carbons (Fsp3) is 0.800. The zero-order chi connectivity index (χ0) is 9.23. The average molecular weight is 235 g/mol. The van der Waals surface area contributed by atoms with Gasteiger partial charge in [-0.25, -0.2) is 0 Å². The van der Waals surface area contributed by atoms with Crippen LogP contribution in [0.15, 0.2) is 0 Å². The van der Waals surface area contributed by atoms with Crippen LogP contribution in [0.4, 0.5) is 13.2 Å². The molecule has 0 aromatic rings. The highest BCUT2D eigenvalue weighted by Crippen LogP contribution is 2.31. The minimum Gasteiger partial charge on any atom is -0.480 e. The third-order valence-electron chi connectivity index (χ3n) is 1.19. The number of carbonyl (C=O) groups is 1. The number of hydrogen-bond donors (Lipinski definition) is 1. The summed E-state index contributed by atoms with van der Waals surface area (Å²) in [6, 6.07) is 0. The molecule has 0 fully saturated rings. The molecule has 0 heterocycles. The summed E-state index contributed by atoms with van der Waals surface area (Å²) < 4.78 is 35.3. The molecule has 0 radical (unpaired) electrons. The van der Waals surface area contributed by atoms with Crippen LogP contribution in [-0.4, -0.2) is 22.1 Å². The average Bonchev–Trinajstić information content (AvgIpc) is 1.82. The van der Waals surface area contributed by atoms with Crippen molar-refractivity contribution in [1.29, 1.82) is 0 Å². The Morgan fingerprint density at radius 1 is 1.55 bits per heavy atom. The lowest BCUT2D eigenvalue weighted by Gasteiger charge is -2.17. The van der Waals surface area contributed by atoms with E-state index in [0.29, 0.717) is 0 Å². The van der Waals surface area contributed by atoms with Crippen molar-refractivity contribution in [3.05, 3.63) is 0 Å². The van der Waals surface area contributed by atoms with Crippen LogP contribution in [-0.2, 0) is 4.79 Å². The quantitative estimate of drug-likeness (QED) is 0.743. The van der Waals surface area contributed by atoms with E-state index in [1.54, 1.807) is 0 Å². The molecule has 0 saturated heterocycles. The molecule has 0 amide bonds. The van der Waals surface area contributed by atoms with Crippen molar-refractivity contribution in [2.45, 2.75) is 17.9 Å². The van der Waals surface area contributed by atoms with E-state index in [0.717, 1.165) is 6.92 Å². The summed E-state index contributed by atoms with van der Waals surface area (Å²) in [6.07, 6.45) is -4.47. The van der Waals surface area contributed by atoms with Crippen LogP contribution in [0.3, 0.4) is 0 Å². The lowest BCUT2D eigenvalue weighted by molar-refractivity contribution is -0.176. The van der Waals surface area contributed by atoms with Gasteiger partial charge in [-0.1, -0.05) is 22.9 Å². The topological polar surface area (TPSA) is 37.3 Å². The number of carboxylic acids is 1. The molecule has 6 heteroatoms. The van der Waals surface area contributed by atoms with Crippen LogP contribution < -0.4 is 0 Å². The van der Waals surface area contributed by atoms with Crippen molar-refractivity contribution in [2.75, 3.05) is 0 Å². The van der Waals surface area contributed by atoms with E-state index in [1.165, 1.54) is 0 Å². The number of carboxylic acid groups (broad SMARTS) is 1. The summed E-state index contributed by atoms with van der Waals surface area (Å²) in [7, 11) is 0. The third kappa shape index (κ3) is 3.09. The zero-order valence-corrected chi connectivity index (χ0v) is 7.11. The maximum Gasteiger partial charge on any atom is 0.393 e. The molecule has 11 heavy (non-hydrogen) atoms. The molecule has 2 atom stereocenters. The van der Waals surface area contributed by atoms with Gasteiger partial charge < -0.3 is 5.11 Å². The summed E-state index contributed by atoms with van der Waals surface area (Å²) in [5.74, 6) is -3.38. The van der Waals surface area contributed by atoms with Gasteiger partial charge in [0.2, 0.25) is 0 Å². The first-order chi connectivity index (χ1) is 4.76. The predicted octanol–water partition coefficient (Wildman–Crippen LogP) is 2.03. The summed E-state index contributed by atoms with van der Waals surface area (Å²) in [4.78, 5) is 8.47. The largest absolute Gasteiger partial charge is 0.480 e. The van der Waals surface area contributed by atoms with E-state index in [2.05, 4.69) is 15.9 Å². The van der Waals surface area contributed by atoms with Crippen LogP contribution in [0.2, 0.25) is 0 Å². The van der Waals surface area contributed by atoms with Gasteiger partial charge in [0.05, 0.1) is 5.92 Å². The Hall–Kier alpha value is -0.260. The van der Waals surface area contributed by atoms with Crippen LogP contribution in [0.25, 0.3) is 0 Å². The van der Waals surface area contributed by atoms with Gasteiger partial charge in [0.15, 0.2) is 0 Å². The van der Waals surface area contributed by atoms with Gasteiger partial charge in [-0.2, -0.15) is 13.2 Å². The van der Waals surface area contributed by atoms with E-state index < -0.39 is 22.9 Å². The van der Waals surface area contributed by atoms with E-state index in [1.807, 2.05) is 0 Å². The minimum atomic E-state index is -4.47. The van der Waals surface area contributed by atoms with Gasteiger partial charge in [0, 0.05) is 0 Å². The minimum absolute atomic E-state index is 0.813. The SMILES string of the molecule is C[C@H](C(Br)C(=O)O)C(F)(F)F. The zero-order valence-electron chi connectivity index (χ0n) is 5.52. The Bertz CT molecular complexity index is 156. The molecule has 0 aromatic carbocycles. The maximum absolute atomic E-state index is 11.8. The first-order valence-electron chi connectivity index (χ1n) is 2.70. The maximum atomic E-state index is 11.8. The first-order valence-corrected chi connectivity index (χ1v) is 3.62. The van der Waals surface area contributed by atoms with Crippen molar-refractivity contribution in [3.63, 3.8) is 0 Å². The summed E-state index contributed by atoms with van der Waals surface area (Å²) >= 11 is 2.42. The normalized spacial score (nSPS) is 17.5. The first kappa shape index (κ1) is 10.7. The van der Waals surface area contributed by atoms with Crippen LogP contribution in [0.5, 0.6) is 0 Å². The molecule has 0 aliphatic carbocycles. The number of alkyl halides is 4. The Morgan fingerprint density at radius 2 is 1.91 bits per heavy atom. The fourth-order valence-electron chi connectivity index (χ4n) is 0.380. The van der Waals surface area contributed by atoms with Crippen molar-refractivity contribution in [2.24, 2.45) is 5.92 Å². The highest BCUT2D eigenvalue weighted by molar-refractivity contribution is 9.10. The number of aliphatic carboxylic acids is 1. The Kier molecular flexibility index (Phi) is 3.34. The molecule has 0 spiro atoms. The van der Waals surface area contributed by atoms with Crippen molar-refractivity contribution in [3.8, 4) is 0 Å². The van der Waals surface area contributed by atoms with Gasteiger partial charge in [0.1, 0.15) is 4.83 Å². The second-order valence-electron chi connectivity index (χ2n) is 2.07. The molecule has 0 rings (SSSR count). The molecular formula is C5H6BrF3O2. The lowest BCUT2D eigenvalue weighted by Crippen LogP contribution is -2.33. The molecule has 0 saturated carbocycles. The lowest BCUT2D eigenvalue weighted by atomic mass is 10.1. The number of rotatable bonds is 2. The van der Waals surface area contributed by atoms with Gasteiger partial charge in [0.25, 0.3) is 0 Å². The molecule has 0 aliphatic heterocycles. The second kappa shape index (κ2) is 3.42. The van der Waals surface area contributed by atoms with Crippen molar-refractivity contribution in [1.82, 2.24) is 0 Å². The fourth-order valence-corrected chi connectivity index (χ4v) is 0.680.